The number of H-pyrrole nitrogens is 1. The number of hydrogen-bond donors (Lipinski definition) is 1. The van der Waals surface area contributed by atoms with E-state index < -0.39 is 0 Å². The smallest absolute Gasteiger partial charge is 0.325 e. The van der Waals surface area contributed by atoms with Gasteiger partial charge in [-0.2, -0.15) is 0 Å². The molecule has 0 radical (unpaired) electrons. The first-order valence-electron chi connectivity index (χ1n) is 6.11. The molecule has 0 saturated heterocycles. The molecule has 0 saturated carbocycles. The molecular formula is C13H16FN3O2. The number of nitrogens with zero attached hydrogens (tertiary/aromatic N) is 2. The first-order chi connectivity index (χ1) is 9.13. The van der Waals surface area contributed by atoms with Crippen molar-refractivity contribution >= 4 is 23.0 Å². The van der Waals surface area contributed by atoms with Crippen LogP contribution in [0.5, 0.6) is 0 Å². The van der Waals surface area contributed by atoms with E-state index in [-0.39, 0.29) is 18.3 Å². The van der Waals surface area contributed by atoms with Gasteiger partial charge in [0.1, 0.15) is 12.4 Å². The second kappa shape index (κ2) is 5.69. The maximum absolute atomic E-state index is 13.1. The number of halogens is 1. The van der Waals surface area contributed by atoms with Crippen molar-refractivity contribution in [1.82, 2.24) is 9.97 Å². The second-order valence-electron chi connectivity index (χ2n) is 4.22. The maximum Gasteiger partial charge on any atom is 0.325 e. The number of hydrogen-bond acceptors (Lipinski definition) is 4. The first kappa shape index (κ1) is 13.3. The summed E-state index contributed by atoms with van der Waals surface area (Å²) in [5, 5.41) is 0. The largest absolute Gasteiger partial charge is 0.468 e. The normalized spacial score (nSPS) is 10.7. The summed E-state index contributed by atoms with van der Waals surface area (Å²) in [5.74, 6) is -0.106. The van der Waals surface area contributed by atoms with Crippen LogP contribution in [0.1, 0.15) is 13.3 Å². The van der Waals surface area contributed by atoms with Gasteiger partial charge in [-0.25, -0.2) is 9.37 Å². The van der Waals surface area contributed by atoms with Crippen LogP contribution in [0.15, 0.2) is 18.2 Å². The van der Waals surface area contributed by atoms with E-state index in [2.05, 4.69) is 14.7 Å². The van der Waals surface area contributed by atoms with E-state index in [1.165, 1.54) is 19.2 Å². The molecule has 2 aromatic rings. The molecule has 0 fully saturated rings. The molecule has 0 spiro atoms. The molecule has 0 aliphatic rings. The van der Waals surface area contributed by atoms with Crippen molar-refractivity contribution < 1.29 is 13.9 Å². The minimum Gasteiger partial charge on any atom is -0.468 e. The lowest BCUT2D eigenvalue weighted by atomic mass is 10.3. The van der Waals surface area contributed by atoms with Gasteiger partial charge in [0, 0.05) is 6.54 Å². The number of aromatic amines is 1. The third-order valence-corrected chi connectivity index (χ3v) is 2.77. The fourth-order valence-electron chi connectivity index (χ4n) is 1.87. The van der Waals surface area contributed by atoms with Crippen molar-refractivity contribution in [3.05, 3.63) is 24.0 Å². The van der Waals surface area contributed by atoms with Crippen LogP contribution in [0, 0.1) is 5.82 Å². The number of rotatable bonds is 5. The van der Waals surface area contributed by atoms with Crippen LogP contribution in [0.25, 0.3) is 11.0 Å². The Morgan fingerprint density at radius 1 is 1.53 bits per heavy atom. The van der Waals surface area contributed by atoms with Crippen molar-refractivity contribution in [1.29, 1.82) is 0 Å². The molecule has 0 aliphatic heterocycles. The van der Waals surface area contributed by atoms with Crippen LogP contribution in [0.3, 0.4) is 0 Å². The number of ether oxygens (including phenoxy) is 1. The minimum atomic E-state index is -0.333. The minimum absolute atomic E-state index is 0.118. The molecule has 0 amide bonds. The zero-order valence-electron chi connectivity index (χ0n) is 10.9. The highest BCUT2D eigenvalue weighted by atomic mass is 19.1. The molecule has 5 nitrogen and oxygen atoms in total. The molecule has 0 unspecified atom stereocenters. The number of carbonyl (C=O) groups is 1. The Kier molecular flexibility index (Phi) is 3.99. The first-order valence-corrected chi connectivity index (χ1v) is 6.11. The van der Waals surface area contributed by atoms with Crippen molar-refractivity contribution in [3.63, 3.8) is 0 Å². The SMILES string of the molecule is CCCN(CC(=O)OC)c1nc2ccc(F)cc2[nH]1. The number of anilines is 1. The van der Waals surface area contributed by atoms with Crippen LogP contribution in [-0.4, -0.2) is 36.1 Å². The van der Waals surface area contributed by atoms with Crippen LogP contribution < -0.4 is 4.90 Å². The van der Waals surface area contributed by atoms with E-state index in [1.807, 2.05) is 6.92 Å². The molecule has 1 aromatic carbocycles. The number of methoxy groups -OCH3 is 1. The summed E-state index contributed by atoms with van der Waals surface area (Å²) in [6.07, 6.45) is 0.863. The van der Waals surface area contributed by atoms with Gasteiger partial charge in [0.2, 0.25) is 5.95 Å². The lowest BCUT2D eigenvalue weighted by Crippen LogP contribution is -2.32. The summed E-state index contributed by atoms with van der Waals surface area (Å²) < 4.78 is 17.8. The maximum atomic E-state index is 13.1. The van der Waals surface area contributed by atoms with E-state index >= 15 is 0 Å². The number of imidazole rings is 1. The summed E-state index contributed by atoms with van der Waals surface area (Å²) >= 11 is 0. The van der Waals surface area contributed by atoms with Crippen LogP contribution in [-0.2, 0) is 9.53 Å². The molecule has 0 atom stereocenters. The quantitative estimate of drug-likeness (QED) is 0.841. The van der Waals surface area contributed by atoms with Gasteiger partial charge in [-0.15, -0.1) is 0 Å². The molecule has 0 aliphatic carbocycles. The lowest BCUT2D eigenvalue weighted by Gasteiger charge is -2.19. The highest BCUT2D eigenvalue weighted by Gasteiger charge is 2.15. The van der Waals surface area contributed by atoms with Crippen molar-refractivity contribution in [2.24, 2.45) is 0 Å². The van der Waals surface area contributed by atoms with Gasteiger partial charge in [0.15, 0.2) is 0 Å². The van der Waals surface area contributed by atoms with Gasteiger partial charge in [-0.3, -0.25) is 4.79 Å². The van der Waals surface area contributed by atoms with Crippen LogP contribution >= 0.6 is 0 Å². The zero-order valence-corrected chi connectivity index (χ0v) is 10.9. The predicted octanol–water partition coefficient (Wildman–Crippen LogP) is 2.09. The highest BCUT2D eigenvalue weighted by Crippen LogP contribution is 2.18. The molecule has 6 heteroatoms. The average molecular weight is 265 g/mol. The van der Waals surface area contributed by atoms with Gasteiger partial charge >= 0.3 is 5.97 Å². The van der Waals surface area contributed by atoms with Crippen LogP contribution in [0.2, 0.25) is 0 Å². The summed E-state index contributed by atoms with van der Waals surface area (Å²) in [6, 6.07) is 4.35. The number of carbonyl (C=O) groups excluding carboxylic acids is 1. The Bertz CT molecular complexity index is 582. The summed E-state index contributed by atoms with van der Waals surface area (Å²) in [6.45, 7) is 2.79. The number of nitrogens with one attached hydrogen (secondary N) is 1. The lowest BCUT2D eigenvalue weighted by molar-refractivity contribution is -0.138. The van der Waals surface area contributed by atoms with Gasteiger partial charge in [0.25, 0.3) is 0 Å². The monoisotopic (exact) mass is 265 g/mol. The van der Waals surface area contributed by atoms with Gasteiger partial charge < -0.3 is 14.6 Å². The number of aromatic nitrogens is 2. The second-order valence-corrected chi connectivity index (χ2v) is 4.22. The number of benzene rings is 1. The fourth-order valence-corrected chi connectivity index (χ4v) is 1.87. The van der Waals surface area contributed by atoms with Crippen molar-refractivity contribution in [3.8, 4) is 0 Å². The average Bonchev–Trinajstić information content (AvgIpc) is 2.80. The molecule has 19 heavy (non-hydrogen) atoms. The Hall–Kier alpha value is -2.11. The number of fused-ring (bicyclic) bond motifs is 1. The molecule has 0 bridgehead atoms. The van der Waals surface area contributed by atoms with E-state index in [0.717, 1.165) is 6.42 Å². The van der Waals surface area contributed by atoms with E-state index in [9.17, 15) is 9.18 Å². The van der Waals surface area contributed by atoms with E-state index in [1.54, 1.807) is 11.0 Å². The zero-order chi connectivity index (χ0) is 13.8. The van der Waals surface area contributed by atoms with E-state index in [4.69, 9.17) is 0 Å². The molecule has 1 heterocycles. The molecule has 102 valence electrons. The topological polar surface area (TPSA) is 58.2 Å². The van der Waals surface area contributed by atoms with Crippen LogP contribution in [0.4, 0.5) is 10.3 Å². The summed E-state index contributed by atoms with van der Waals surface area (Å²) in [7, 11) is 1.35. The highest BCUT2D eigenvalue weighted by molar-refractivity contribution is 5.79. The van der Waals surface area contributed by atoms with E-state index in [0.29, 0.717) is 23.5 Å². The predicted molar refractivity (Wildman–Crippen MR) is 70.6 cm³/mol. The third-order valence-electron chi connectivity index (χ3n) is 2.77. The van der Waals surface area contributed by atoms with Gasteiger partial charge in [0.05, 0.1) is 18.1 Å². The standard InChI is InChI=1S/C13H16FN3O2/c1-3-6-17(8-12(18)19-2)13-15-10-5-4-9(14)7-11(10)16-13/h4-5,7H,3,6,8H2,1-2H3,(H,15,16). The van der Waals surface area contributed by atoms with Crippen molar-refractivity contribution in [2.75, 3.05) is 25.1 Å². The fraction of sp³-hybridized carbons (Fsp3) is 0.385. The third kappa shape index (κ3) is 3.01. The van der Waals surface area contributed by atoms with Gasteiger partial charge in [-0.1, -0.05) is 6.92 Å². The molecule has 1 aromatic heterocycles. The Balaban J connectivity index is 2.30. The summed E-state index contributed by atoms with van der Waals surface area (Å²) in [5.41, 5.74) is 1.28. The van der Waals surface area contributed by atoms with Crippen molar-refractivity contribution in [2.45, 2.75) is 13.3 Å². The molecule has 2 rings (SSSR count). The Morgan fingerprint density at radius 3 is 3.00 bits per heavy atom. The van der Waals surface area contributed by atoms with Gasteiger partial charge in [-0.05, 0) is 24.6 Å². The number of esters is 1. The molecule has 1 N–H and O–H groups in total. The Labute approximate surface area is 110 Å². The summed E-state index contributed by atoms with van der Waals surface area (Å²) in [4.78, 5) is 20.5. The Morgan fingerprint density at radius 2 is 2.32 bits per heavy atom. The molecular weight excluding hydrogens is 249 g/mol.